The van der Waals surface area contributed by atoms with Crippen LogP contribution in [-0.2, 0) is 6.42 Å². The highest BCUT2D eigenvalue weighted by Crippen LogP contribution is 2.33. The van der Waals surface area contributed by atoms with Gasteiger partial charge in [0.05, 0.1) is 5.69 Å². The Morgan fingerprint density at radius 1 is 0.657 bits per heavy atom. The van der Waals surface area contributed by atoms with E-state index in [0.29, 0.717) is 0 Å². The number of rotatable bonds is 6. The van der Waals surface area contributed by atoms with Crippen LogP contribution in [0.25, 0.3) is 28.2 Å². The van der Waals surface area contributed by atoms with Crippen molar-refractivity contribution in [3.05, 3.63) is 139 Å². The van der Waals surface area contributed by atoms with E-state index in [0.717, 1.165) is 45.8 Å². The maximum Gasteiger partial charge on any atom is 0.164 e. The highest BCUT2D eigenvalue weighted by molar-refractivity contribution is 5.80. The average Bonchev–Trinajstić information content (AvgIpc) is 3.33. The molecule has 2 aromatic carbocycles. The van der Waals surface area contributed by atoms with Crippen LogP contribution in [0, 0.1) is 0 Å². The van der Waals surface area contributed by atoms with Crippen molar-refractivity contribution < 1.29 is 0 Å². The number of hydrogen-bond acceptors (Lipinski definition) is 4. The topological polar surface area (TPSA) is 56.5 Å². The van der Waals surface area contributed by atoms with E-state index in [4.69, 9.17) is 9.97 Å². The van der Waals surface area contributed by atoms with Gasteiger partial charge in [0.1, 0.15) is 11.3 Å². The largest absolute Gasteiger partial charge is 0.276 e. The van der Waals surface area contributed by atoms with E-state index in [1.165, 1.54) is 5.56 Å². The highest BCUT2D eigenvalue weighted by Gasteiger charge is 2.21. The van der Waals surface area contributed by atoms with Gasteiger partial charge in [0.15, 0.2) is 5.65 Å². The van der Waals surface area contributed by atoms with Gasteiger partial charge in [-0.05, 0) is 53.4 Å². The second-order valence-electron chi connectivity index (χ2n) is 8.44. The number of benzene rings is 2. The number of nitrogens with zero attached hydrogens (tertiary/aromatic N) is 5. The predicted octanol–water partition coefficient (Wildman–Crippen LogP) is 6.25. The Balaban J connectivity index is 1.53. The van der Waals surface area contributed by atoms with E-state index in [2.05, 4.69) is 63.1 Å². The molecule has 0 aliphatic rings. The summed E-state index contributed by atoms with van der Waals surface area (Å²) in [5, 5.41) is 0. The van der Waals surface area contributed by atoms with Gasteiger partial charge in [-0.2, -0.15) is 0 Å². The molecule has 0 aliphatic carbocycles. The van der Waals surface area contributed by atoms with Gasteiger partial charge >= 0.3 is 0 Å². The molecule has 5 heteroatoms. The van der Waals surface area contributed by atoms with Crippen molar-refractivity contribution in [1.82, 2.24) is 24.5 Å². The van der Waals surface area contributed by atoms with Crippen LogP contribution in [0.1, 0.15) is 22.6 Å². The molecular formula is C30H23N5. The van der Waals surface area contributed by atoms with Gasteiger partial charge in [-0.1, -0.05) is 60.7 Å². The van der Waals surface area contributed by atoms with E-state index in [9.17, 15) is 0 Å². The summed E-state index contributed by atoms with van der Waals surface area (Å²) in [7, 11) is 0. The van der Waals surface area contributed by atoms with Crippen LogP contribution in [0.4, 0.5) is 0 Å². The predicted molar refractivity (Wildman–Crippen MR) is 138 cm³/mol. The Labute approximate surface area is 203 Å². The van der Waals surface area contributed by atoms with E-state index in [-0.39, 0.29) is 5.92 Å². The molecule has 0 spiro atoms. The first-order chi connectivity index (χ1) is 17.4. The number of pyridine rings is 3. The fourth-order valence-corrected chi connectivity index (χ4v) is 4.64. The maximum atomic E-state index is 4.98. The summed E-state index contributed by atoms with van der Waals surface area (Å²) in [4.78, 5) is 18.5. The molecule has 0 aliphatic heterocycles. The molecule has 0 saturated carbocycles. The van der Waals surface area contributed by atoms with Crippen molar-refractivity contribution in [3.63, 3.8) is 0 Å². The molecule has 168 valence electrons. The summed E-state index contributed by atoms with van der Waals surface area (Å²) in [5.41, 5.74) is 7.36. The normalized spacial score (nSPS) is 11.2. The molecule has 0 saturated heterocycles. The number of hydrogen-bond donors (Lipinski definition) is 0. The Morgan fingerprint density at radius 2 is 1.34 bits per heavy atom. The zero-order valence-corrected chi connectivity index (χ0v) is 19.1. The highest BCUT2D eigenvalue weighted by atomic mass is 15.1. The van der Waals surface area contributed by atoms with Crippen LogP contribution < -0.4 is 0 Å². The molecule has 6 aromatic rings. The summed E-state index contributed by atoms with van der Waals surface area (Å²) < 4.78 is 2.18. The molecule has 0 radical (unpaired) electrons. The monoisotopic (exact) mass is 453 g/mol. The summed E-state index contributed by atoms with van der Waals surface area (Å²) >= 11 is 0. The van der Waals surface area contributed by atoms with Crippen LogP contribution in [0.5, 0.6) is 0 Å². The molecule has 6 rings (SSSR count). The molecule has 0 atom stereocenters. The third-order valence-electron chi connectivity index (χ3n) is 6.28. The zero-order chi connectivity index (χ0) is 23.5. The van der Waals surface area contributed by atoms with Crippen LogP contribution in [-0.4, -0.2) is 24.5 Å². The second kappa shape index (κ2) is 9.31. The fraction of sp³-hybridized carbons (Fsp3) is 0.0667. The van der Waals surface area contributed by atoms with Gasteiger partial charge < -0.3 is 0 Å². The molecule has 4 heterocycles. The minimum absolute atomic E-state index is 0.112. The van der Waals surface area contributed by atoms with Crippen LogP contribution in [0.15, 0.2) is 122 Å². The molecule has 0 bridgehead atoms. The van der Waals surface area contributed by atoms with Crippen molar-refractivity contribution in [3.8, 4) is 17.1 Å². The fourth-order valence-electron chi connectivity index (χ4n) is 4.64. The van der Waals surface area contributed by atoms with E-state index < -0.39 is 0 Å². The van der Waals surface area contributed by atoms with Crippen molar-refractivity contribution >= 4 is 11.2 Å². The van der Waals surface area contributed by atoms with Crippen molar-refractivity contribution in [1.29, 1.82) is 0 Å². The first-order valence-electron chi connectivity index (χ1n) is 11.7. The Bertz CT molecular complexity index is 1520. The summed E-state index contributed by atoms with van der Waals surface area (Å²) in [6.45, 7) is 0. The molecule has 0 fully saturated rings. The molecule has 35 heavy (non-hydrogen) atoms. The Hall–Kier alpha value is -4.64. The standard InChI is InChI=1S/C30H23N5/c1-2-9-22(10-3-1)29-34-27-14-8-18-33-30(27)35(29)28-15-5-4-11-23(28)19-26(24-12-6-16-31-20-24)25-13-7-17-32-21-25/h1-18,20-21,26H,19H2. The first-order valence-corrected chi connectivity index (χ1v) is 11.7. The number of imidazole rings is 1. The quantitative estimate of drug-likeness (QED) is 0.299. The van der Waals surface area contributed by atoms with Gasteiger partial charge in [-0.15, -0.1) is 0 Å². The maximum absolute atomic E-state index is 4.98. The van der Waals surface area contributed by atoms with Crippen LogP contribution >= 0.6 is 0 Å². The van der Waals surface area contributed by atoms with Crippen LogP contribution in [0.3, 0.4) is 0 Å². The number of aromatic nitrogens is 5. The molecule has 0 N–H and O–H groups in total. The van der Waals surface area contributed by atoms with Crippen LogP contribution in [0.2, 0.25) is 0 Å². The Morgan fingerprint density at radius 3 is 2.06 bits per heavy atom. The van der Waals surface area contributed by atoms with Gasteiger partial charge in [0.2, 0.25) is 0 Å². The van der Waals surface area contributed by atoms with Gasteiger partial charge in [-0.3, -0.25) is 14.5 Å². The van der Waals surface area contributed by atoms with Crippen molar-refractivity contribution in [2.24, 2.45) is 0 Å². The Kier molecular flexibility index (Phi) is 5.57. The van der Waals surface area contributed by atoms with Gasteiger partial charge in [-0.25, -0.2) is 9.97 Å². The molecule has 0 unspecified atom stereocenters. The van der Waals surface area contributed by atoms with E-state index in [1.807, 2.05) is 73.4 Å². The van der Waals surface area contributed by atoms with E-state index in [1.54, 1.807) is 0 Å². The average molecular weight is 454 g/mol. The lowest BCUT2D eigenvalue weighted by atomic mass is 9.87. The van der Waals surface area contributed by atoms with Crippen molar-refractivity contribution in [2.45, 2.75) is 12.3 Å². The molecule has 4 aromatic heterocycles. The van der Waals surface area contributed by atoms with Crippen molar-refractivity contribution in [2.75, 3.05) is 0 Å². The van der Waals surface area contributed by atoms with Gasteiger partial charge in [0.25, 0.3) is 0 Å². The SMILES string of the molecule is c1ccc(-c2nc3cccnc3n2-c2ccccc2CC(c2cccnc2)c2cccnc2)cc1. The zero-order valence-electron chi connectivity index (χ0n) is 19.1. The van der Waals surface area contributed by atoms with E-state index >= 15 is 0 Å². The minimum Gasteiger partial charge on any atom is -0.276 e. The smallest absolute Gasteiger partial charge is 0.164 e. The third kappa shape index (κ3) is 4.08. The lowest BCUT2D eigenvalue weighted by molar-refractivity contribution is 0.788. The van der Waals surface area contributed by atoms with Gasteiger partial charge in [0, 0.05) is 42.5 Å². The molecular weight excluding hydrogens is 430 g/mol. The second-order valence-corrected chi connectivity index (χ2v) is 8.44. The first kappa shape index (κ1) is 20.9. The molecule has 0 amide bonds. The summed E-state index contributed by atoms with van der Waals surface area (Å²) in [5.74, 6) is 0.993. The lowest BCUT2D eigenvalue weighted by Crippen LogP contribution is -2.09. The summed E-state index contributed by atoms with van der Waals surface area (Å²) in [6, 6.07) is 31.0. The summed E-state index contributed by atoms with van der Waals surface area (Å²) in [6.07, 6.45) is 10.1. The third-order valence-corrected chi connectivity index (χ3v) is 6.28. The molecule has 5 nitrogen and oxygen atoms in total. The lowest BCUT2D eigenvalue weighted by Gasteiger charge is -2.20. The number of para-hydroxylation sites is 1. The number of fused-ring (bicyclic) bond motifs is 1. The minimum atomic E-state index is 0.112.